The number of hydrogen-bond donors (Lipinski definition) is 1. The van der Waals surface area contributed by atoms with Gasteiger partial charge < -0.3 is 23.9 Å². The molecule has 2 aliphatic rings. The summed E-state index contributed by atoms with van der Waals surface area (Å²) in [7, 11) is 0. The standard InChI is InChI=1S/C31H34N2O7/c1-8-19-20-12-18(39-17(4)16(3)28(35)40-30(5,6)7)10-11-24(20)32-26-21(19)14-33-25(26)13-23-22(27(33)34)15-38-29(36)31(23,37)9-2/h10-13,17,37H,3,8-9,14-15H2,1-2,4-7H3/t17?,31-/m0/s1. The van der Waals surface area contributed by atoms with E-state index in [9.17, 15) is 19.5 Å². The van der Waals surface area contributed by atoms with Crippen molar-refractivity contribution in [2.24, 2.45) is 0 Å². The van der Waals surface area contributed by atoms with Gasteiger partial charge in [0.15, 0.2) is 5.60 Å². The van der Waals surface area contributed by atoms with Crippen molar-refractivity contribution >= 4 is 22.8 Å². The molecule has 0 bridgehead atoms. The molecule has 2 aliphatic heterocycles. The van der Waals surface area contributed by atoms with Gasteiger partial charge in [0.05, 0.1) is 34.6 Å². The second-order valence-electron chi connectivity index (χ2n) is 11.3. The molecule has 0 saturated carbocycles. The Labute approximate surface area is 232 Å². The molecule has 210 valence electrons. The highest BCUT2D eigenvalue weighted by molar-refractivity contribution is 5.91. The number of aromatic nitrogens is 2. The first-order chi connectivity index (χ1) is 18.8. The largest absolute Gasteiger partial charge is 0.486 e. The van der Waals surface area contributed by atoms with Crippen molar-refractivity contribution in [3.05, 3.63) is 69.0 Å². The lowest BCUT2D eigenvalue weighted by Gasteiger charge is -2.31. The van der Waals surface area contributed by atoms with E-state index in [0.29, 0.717) is 41.2 Å². The minimum absolute atomic E-state index is 0.0848. The number of pyridine rings is 2. The molecule has 1 unspecified atom stereocenters. The SMILES string of the molecule is C=C(C(=O)OC(C)(C)C)C(C)Oc1ccc2nc3c(c(CC)c2c1)Cn1c-3cc2c(c1=O)COC(=O)[C@]2(O)CC. The number of aliphatic hydroxyl groups is 1. The first-order valence-electron chi connectivity index (χ1n) is 13.5. The van der Waals surface area contributed by atoms with Crippen LogP contribution in [0.1, 0.15) is 70.2 Å². The fraction of sp³-hybridized carbons (Fsp3) is 0.419. The molecule has 0 amide bonds. The zero-order chi connectivity index (χ0) is 29.1. The molecule has 2 atom stereocenters. The molecule has 5 rings (SSSR count). The second-order valence-corrected chi connectivity index (χ2v) is 11.3. The minimum atomic E-state index is -1.87. The maximum Gasteiger partial charge on any atom is 0.343 e. The number of nitrogens with zero attached hydrogens (tertiary/aromatic N) is 2. The lowest BCUT2D eigenvalue weighted by molar-refractivity contribution is -0.172. The number of carbonyl (C=O) groups excluding carboxylic acids is 2. The molecule has 1 aromatic carbocycles. The van der Waals surface area contributed by atoms with E-state index in [1.807, 2.05) is 19.1 Å². The van der Waals surface area contributed by atoms with Crippen LogP contribution in [0.3, 0.4) is 0 Å². The third-order valence-corrected chi connectivity index (χ3v) is 7.60. The van der Waals surface area contributed by atoms with Crippen LogP contribution in [0.4, 0.5) is 0 Å². The van der Waals surface area contributed by atoms with E-state index in [-0.39, 0.29) is 29.7 Å². The molecule has 0 spiro atoms. The van der Waals surface area contributed by atoms with Crippen molar-refractivity contribution in [2.75, 3.05) is 0 Å². The summed E-state index contributed by atoms with van der Waals surface area (Å²) in [5, 5.41) is 12.0. The summed E-state index contributed by atoms with van der Waals surface area (Å²) in [6, 6.07) is 7.22. The number of fused-ring (bicyclic) bond motifs is 5. The Kier molecular flexibility index (Phi) is 6.61. The average Bonchev–Trinajstić information content (AvgIpc) is 3.26. The second kappa shape index (κ2) is 9.59. The molecule has 0 radical (unpaired) electrons. The molecule has 3 aromatic rings. The van der Waals surface area contributed by atoms with E-state index >= 15 is 0 Å². The summed E-state index contributed by atoms with van der Waals surface area (Å²) in [5.41, 5.74) is 1.85. The molecule has 4 heterocycles. The lowest BCUT2D eigenvalue weighted by Crippen LogP contribution is -2.44. The summed E-state index contributed by atoms with van der Waals surface area (Å²) < 4.78 is 18.3. The van der Waals surface area contributed by atoms with Crippen LogP contribution >= 0.6 is 0 Å². The maximum absolute atomic E-state index is 13.5. The van der Waals surface area contributed by atoms with E-state index in [0.717, 1.165) is 16.5 Å². The van der Waals surface area contributed by atoms with Crippen LogP contribution in [0.25, 0.3) is 22.3 Å². The number of hydrogen-bond acceptors (Lipinski definition) is 8. The zero-order valence-corrected chi connectivity index (χ0v) is 23.7. The lowest BCUT2D eigenvalue weighted by atomic mass is 9.86. The Morgan fingerprint density at radius 3 is 2.60 bits per heavy atom. The van der Waals surface area contributed by atoms with Gasteiger partial charge in [0, 0.05) is 16.5 Å². The first kappa shape index (κ1) is 27.6. The van der Waals surface area contributed by atoms with Crippen LogP contribution in [0, 0.1) is 0 Å². The fourth-order valence-electron chi connectivity index (χ4n) is 5.40. The predicted octanol–water partition coefficient (Wildman–Crippen LogP) is 4.31. The van der Waals surface area contributed by atoms with E-state index in [2.05, 4.69) is 6.58 Å². The van der Waals surface area contributed by atoms with Gasteiger partial charge in [0.25, 0.3) is 5.56 Å². The van der Waals surface area contributed by atoms with E-state index < -0.39 is 29.2 Å². The number of rotatable bonds is 6. The highest BCUT2D eigenvalue weighted by Crippen LogP contribution is 2.40. The van der Waals surface area contributed by atoms with E-state index in [4.69, 9.17) is 19.2 Å². The highest BCUT2D eigenvalue weighted by atomic mass is 16.6. The van der Waals surface area contributed by atoms with Crippen LogP contribution in [0.5, 0.6) is 5.75 Å². The topological polar surface area (TPSA) is 117 Å². The van der Waals surface area contributed by atoms with Crippen molar-refractivity contribution in [2.45, 2.75) is 84.8 Å². The maximum atomic E-state index is 13.5. The number of aryl methyl sites for hydroxylation is 1. The van der Waals surface area contributed by atoms with Crippen molar-refractivity contribution in [1.82, 2.24) is 9.55 Å². The molecule has 2 aromatic heterocycles. The van der Waals surface area contributed by atoms with Crippen molar-refractivity contribution in [1.29, 1.82) is 0 Å². The van der Waals surface area contributed by atoms with Crippen LogP contribution < -0.4 is 10.3 Å². The van der Waals surface area contributed by atoms with E-state index in [1.54, 1.807) is 51.3 Å². The predicted molar refractivity (Wildman–Crippen MR) is 149 cm³/mol. The van der Waals surface area contributed by atoms with Gasteiger partial charge in [-0.1, -0.05) is 20.4 Å². The van der Waals surface area contributed by atoms with Gasteiger partial charge in [-0.05, 0) is 70.4 Å². The Bertz CT molecular complexity index is 1650. The summed E-state index contributed by atoms with van der Waals surface area (Å²) in [6.45, 7) is 14.9. The van der Waals surface area contributed by atoms with Crippen molar-refractivity contribution < 1.29 is 28.9 Å². The van der Waals surface area contributed by atoms with Crippen LogP contribution in [0.15, 0.2) is 41.2 Å². The quantitative estimate of drug-likeness (QED) is 0.281. The van der Waals surface area contributed by atoms with Gasteiger partial charge >= 0.3 is 11.9 Å². The number of ether oxygens (including phenoxy) is 3. The van der Waals surface area contributed by atoms with Gasteiger partial charge in [-0.2, -0.15) is 0 Å². The third-order valence-electron chi connectivity index (χ3n) is 7.60. The van der Waals surface area contributed by atoms with Crippen LogP contribution in [0.2, 0.25) is 0 Å². The monoisotopic (exact) mass is 546 g/mol. The molecular weight excluding hydrogens is 512 g/mol. The Balaban J connectivity index is 1.55. The Morgan fingerprint density at radius 2 is 1.95 bits per heavy atom. The average molecular weight is 547 g/mol. The van der Waals surface area contributed by atoms with E-state index in [1.165, 1.54) is 0 Å². The van der Waals surface area contributed by atoms with Gasteiger partial charge in [0.1, 0.15) is 24.1 Å². The summed E-state index contributed by atoms with van der Waals surface area (Å²) in [4.78, 5) is 43.3. The number of benzene rings is 1. The fourth-order valence-corrected chi connectivity index (χ4v) is 5.40. The summed E-state index contributed by atoms with van der Waals surface area (Å²) >= 11 is 0. The van der Waals surface area contributed by atoms with Crippen molar-refractivity contribution in [3.8, 4) is 17.1 Å². The number of carbonyl (C=O) groups is 2. The molecule has 9 nitrogen and oxygen atoms in total. The molecule has 0 aliphatic carbocycles. The summed E-state index contributed by atoms with van der Waals surface area (Å²) in [6.07, 6.45) is 0.145. The van der Waals surface area contributed by atoms with Gasteiger partial charge in [-0.3, -0.25) is 4.79 Å². The molecule has 1 N–H and O–H groups in total. The smallest absolute Gasteiger partial charge is 0.343 e. The molecule has 9 heteroatoms. The van der Waals surface area contributed by atoms with Gasteiger partial charge in [0.2, 0.25) is 0 Å². The first-order valence-corrected chi connectivity index (χ1v) is 13.5. The Hall–Kier alpha value is -3.98. The molecule has 0 saturated heterocycles. The highest BCUT2D eigenvalue weighted by Gasteiger charge is 2.45. The minimum Gasteiger partial charge on any atom is -0.486 e. The van der Waals surface area contributed by atoms with Crippen molar-refractivity contribution in [3.63, 3.8) is 0 Å². The normalized spacial score (nSPS) is 18.4. The summed E-state index contributed by atoms with van der Waals surface area (Å²) in [5.74, 6) is -0.711. The molecule has 40 heavy (non-hydrogen) atoms. The molecular formula is C31H34N2O7. The molecule has 0 fully saturated rings. The van der Waals surface area contributed by atoms with Crippen LogP contribution in [-0.2, 0) is 44.2 Å². The van der Waals surface area contributed by atoms with Gasteiger partial charge in [-0.15, -0.1) is 0 Å². The van der Waals surface area contributed by atoms with Crippen LogP contribution in [-0.4, -0.2) is 38.3 Å². The Morgan fingerprint density at radius 1 is 1.23 bits per heavy atom. The number of cyclic esters (lactones) is 1. The zero-order valence-electron chi connectivity index (χ0n) is 23.7. The van der Waals surface area contributed by atoms with Gasteiger partial charge in [-0.25, -0.2) is 14.6 Å². The number of esters is 2. The third kappa shape index (κ3) is 4.38.